The smallest absolute Gasteiger partial charge is 0.416 e. The molecule has 1 aromatic heterocycles. The summed E-state index contributed by atoms with van der Waals surface area (Å²) >= 11 is 0. The molecule has 0 fully saturated rings. The zero-order valence-electron chi connectivity index (χ0n) is 18.9. The number of carbonyl (C=O) groups excluding carboxylic acids is 1. The van der Waals surface area contributed by atoms with Crippen molar-refractivity contribution in [2.75, 3.05) is 6.61 Å². The van der Waals surface area contributed by atoms with Gasteiger partial charge in [0.15, 0.2) is 6.61 Å². The lowest BCUT2D eigenvalue weighted by atomic mass is 10.1. The predicted octanol–water partition coefficient (Wildman–Crippen LogP) is 4.55. The Morgan fingerprint density at radius 1 is 1.06 bits per heavy atom. The van der Waals surface area contributed by atoms with E-state index in [0.29, 0.717) is 16.5 Å². The maximum Gasteiger partial charge on any atom is 0.416 e. The van der Waals surface area contributed by atoms with Crippen LogP contribution in [0.4, 0.5) is 13.2 Å². The van der Waals surface area contributed by atoms with Gasteiger partial charge >= 0.3 is 6.18 Å². The van der Waals surface area contributed by atoms with Crippen LogP contribution in [0.25, 0.3) is 16.5 Å². The number of benzene rings is 3. The molecule has 0 atom stereocenters. The normalized spacial score (nSPS) is 11.7. The minimum Gasteiger partial charge on any atom is -0.494 e. The molecule has 0 aliphatic heterocycles. The van der Waals surface area contributed by atoms with Gasteiger partial charge in [0.25, 0.3) is 11.5 Å². The van der Waals surface area contributed by atoms with Crippen LogP contribution in [0.3, 0.4) is 0 Å². The number of carbonyl (C=O) groups is 1. The number of nitrogens with zero attached hydrogens (tertiary/aromatic N) is 2. The first-order chi connectivity index (χ1) is 17.1. The number of halogens is 3. The lowest BCUT2D eigenvalue weighted by Crippen LogP contribution is -2.25. The monoisotopic (exact) mass is 495 g/mol. The van der Waals surface area contributed by atoms with Gasteiger partial charge in [-0.2, -0.15) is 18.3 Å². The molecular formula is C26H20F3N3O4. The fraction of sp³-hybridized carbons (Fsp3) is 0.115. The Bertz CT molecular complexity index is 1510. The molecule has 0 unspecified atom stereocenters. The highest BCUT2D eigenvalue weighted by molar-refractivity contribution is 6.02. The van der Waals surface area contributed by atoms with E-state index in [4.69, 9.17) is 4.74 Å². The van der Waals surface area contributed by atoms with Crippen LogP contribution in [0.15, 0.2) is 82.7 Å². The first-order valence-corrected chi connectivity index (χ1v) is 10.7. The first kappa shape index (κ1) is 24.5. The summed E-state index contributed by atoms with van der Waals surface area (Å²) in [4.78, 5) is 25.2. The van der Waals surface area contributed by atoms with Gasteiger partial charge in [-0.15, -0.1) is 0 Å². The lowest BCUT2D eigenvalue weighted by molar-refractivity contribution is -0.137. The molecular weight excluding hydrogens is 475 g/mol. The third-order valence-electron chi connectivity index (χ3n) is 5.31. The minimum atomic E-state index is -4.54. The zero-order valence-corrected chi connectivity index (χ0v) is 18.9. The van der Waals surface area contributed by atoms with Crippen molar-refractivity contribution in [1.82, 2.24) is 9.99 Å². The van der Waals surface area contributed by atoms with Gasteiger partial charge in [-0.05, 0) is 43.3 Å². The van der Waals surface area contributed by atoms with E-state index >= 15 is 0 Å². The highest BCUT2D eigenvalue weighted by Gasteiger charge is 2.30. The Labute approximate surface area is 203 Å². The third kappa shape index (κ3) is 5.22. The topological polar surface area (TPSA) is 92.9 Å². The molecule has 0 saturated carbocycles. The van der Waals surface area contributed by atoms with Crippen molar-refractivity contribution in [2.45, 2.75) is 13.1 Å². The maximum atomic E-state index is 13.1. The Kier molecular flexibility index (Phi) is 6.77. The van der Waals surface area contributed by atoms with Crippen LogP contribution in [0.5, 0.6) is 11.6 Å². The molecule has 1 amide bonds. The number of pyridine rings is 1. The lowest BCUT2D eigenvalue weighted by Gasteiger charge is -2.14. The number of alkyl halides is 3. The molecule has 3 aromatic carbocycles. The summed E-state index contributed by atoms with van der Waals surface area (Å²) in [6, 6.07) is 17.8. The number of hydrogen-bond donors (Lipinski definition) is 2. The van der Waals surface area contributed by atoms with Gasteiger partial charge < -0.3 is 9.84 Å². The number of nitrogens with one attached hydrogen (secondary N) is 1. The molecule has 2 N–H and O–H groups in total. The second-order valence-corrected chi connectivity index (χ2v) is 7.87. The van der Waals surface area contributed by atoms with E-state index < -0.39 is 29.8 Å². The fourth-order valence-electron chi connectivity index (χ4n) is 3.53. The molecule has 4 aromatic rings. The number of aromatic hydroxyl groups is 1. The minimum absolute atomic E-state index is 0.127. The van der Waals surface area contributed by atoms with E-state index in [1.165, 1.54) is 18.3 Å². The van der Waals surface area contributed by atoms with Crippen molar-refractivity contribution < 1.29 is 27.8 Å². The number of hydrazone groups is 1. The number of aryl methyl sites for hydroxylation is 1. The molecule has 0 saturated heterocycles. The van der Waals surface area contributed by atoms with Gasteiger partial charge in [0, 0.05) is 10.8 Å². The van der Waals surface area contributed by atoms with E-state index in [1.807, 2.05) is 6.92 Å². The SMILES string of the molecule is Cc1ccc(-n2c(O)c(C=NNC(=O)COc3cccc(C(F)(F)F)c3)c3ccccc3c2=O)cc1. The standard InChI is InChI=1S/C26H20F3N3O4/c1-16-9-11-18(12-10-16)32-24(34)21-8-3-2-7-20(21)22(25(32)35)14-30-31-23(33)15-36-19-6-4-5-17(13-19)26(27,28)29/h2-14,35H,15H2,1H3,(H,31,33). The number of hydrogen-bond acceptors (Lipinski definition) is 5. The summed E-state index contributed by atoms with van der Waals surface area (Å²) in [5, 5.41) is 15.5. The average Bonchev–Trinajstić information content (AvgIpc) is 2.85. The predicted molar refractivity (Wildman–Crippen MR) is 129 cm³/mol. The van der Waals surface area contributed by atoms with Crippen molar-refractivity contribution in [3.8, 4) is 17.3 Å². The van der Waals surface area contributed by atoms with Gasteiger partial charge in [-0.3, -0.25) is 9.59 Å². The molecule has 10 heteroatoms. The van der Waals surface area contributed by atoms with E-state index in [-0.39, 0.29) is 17.2 Å². The summed E-state index contributed by atoms with van der Waals surface area (Å²) in [5.74, 6) is -1.24. The van der Waals surface area contributed by atoms with Crippen molar-refractivity contribution in [1.29, 1.82) is 0 Å². The Balaban J connectivity index is 1.56. The van der Waals surface area contributed by atoms with Crippen molar-refractivity contribution >= 4 is 22.9 Å². The van der Waals surface area contributed by atoms with E-state index in [9.17, 15) is 27.9 Å². The number of amides is 1. The highest BCUT2D eigenvalue weighted by atomic mass is 19.4. The Hall–Kier alpha value is -4.60. The molecule has 0 aliphatic carbocycles. The van der Waals surface area contributed by atoms with E-state index in [0.717, 1.165) is 22.3 Å². The van der Waals surface area contributed by atoms with Crippen LogP contribution < -0.4 is 15.7 Å². The van der Waals surface area contributed by atoms with Crippen LogP contribution in [-0.4, -0.2) is 28.4 Å². The number of aromatic nitrogens is 1. The first-order valence-electron chi connectivity index (χ1n) is 10.7. The van der Waals surface area contributed by atoms with Crippen molar-refractivity contribution in [2.24, 2.45) is 5.10 Å². The number of ether oxygens (including phenoxy) is 1. The van der Waals surface area contributed by atoms with Gasteiger partial charge in [-0.25, -0.2) is 9.99 Å². The molecule has 4 rings (SSSR count). The summed E-state index contributed by atoms with van der Waals surface area (Å²) in [6.45, 7) is 1.30. The Morgan fingerprint density at radius 3 is 2.44 bits per heavy atom. The molecule has 7 nitrogen and oxygen atoms in total. The molecule has 1 heterocycles. The van der Waals surface area contributed by atoms with E-state index in [2.05, 4.69) is 10.5 Å². The van der Waals surface area contributed by atoms with Crippen LogP contribution in [0.2, 0.25) is 0 Å². The molecule has 184 valence electrons. The average molecular weight is 495 g/mol. The van der Waals surface area contributed by atoms with Gasteiger partial charge in [0.2, 0.25) is 5.88 Å². The second kappa shape index (κ2) is 9.95. The van der Waals surface area contributed by atoms with Gasteiger partial charge in [0.1, 0.15) is 5.75 Å². The molecule has 0 aliphatic rings. The van der Waals surface area contributed by atoms with Crippen LogP contribution in [-0.2, 0) is 11.0 Å². The van der Waals surface area contributed by atoms with Crippen LogP contribution in [0, 0.1) is 6.92 Å². The van der Waals surface area contributed by atoms with Crippen molar-refractivity contribution in [3.05, 3.63) is 99.8 Å². The number of fused-ring (bicyclic) bond motifs is 1. The fourth-order valence-corrected chi connectivity index (χ4v) is 3.53. The summed E-state index contributed by atoms with van der Waals surface area (Å²) in [5.41, 5.74) is 2.48. The quantitative estimate of drug-likeness (QED) is 0.303. The summed E-state index contributed by atoms with van der Waals surface area (Å²) in [6.07, 6.45) is -3.35. The maximum absolute atomic E-state index is 13.1. The van der Waals surface area contributed by atoms with Gasteiger partial charge in [-0.1, -0.05) is 42.0 Å². The highest BCUT2D eigenvalue weighted by Crippen LogP contribution is 2.31. The number of rotatable bonds is 6. The zero-order chi connectivity index (χ0) is 25.9. The second-order valence-electron chi connectivity index (χ2n) is 7.87. The molecule has 0 bridgehead atoms. The third-order valence-corrected chi connectivity index (χ3v) is 5.31. The van der Waals surface area contributed by atoms with Crippen molar-refractivity contribution in [3.63, 3.8) is 0 Å². The Morgan fingerprint density at radius 2 is 1.75 bits per heavy atom. The van der Waals surface area contributed by atoms with Crippen LogP contribution >= 0.6 is 0 Å². The largest absolute Gasteiger partial charge is 0.494 e. The molecule has 0 spiro atoms. The summed E-state index contributed by atoms with van der Waals surface area (Å²) in [7, 11) is 0. The van der Waals surface area contributed by atoms with E-state index in [1.54, 1.807) is 48.5 Å². The van der Waals surface area contributed by atoms with Crippen LogP contribution in [0.1, 0.15) is 16.7 Å². The summed E-state index contributed by atoms with van der Waals surface area (Å²) < 4.78 is 44.7. The molecule has 0 radical (unpaired) electrons. The van der Waals surface area contributed by atoms with Gasteiger partial charge in [0.05, 0.1) is 23.0 Å². The molecule has 36 heavy (non-hydrogen) atoms.